The summed E-state index contributed by atoms with van der Waals surface area (Å²) in [5, 5.41) is 3.04. The van der Waals surface area contributed by atoms with Crippen molar-refractivity contribution in [2.45, 2.75) is 43.4 Å². The van der Waals surface area contributed by atoms with Gasteiger partial charge in [-0.15, -0.1) is 11.8 Å². The van der Waals surface area contributed by atoms with E-state index in [9.17, 15) is 4.79 Å². The van der Waals surface area contributed by atoms with E-state index in [4.69, 9.17) is 4.74 Å². The van der Waals surface area contributed by atoms with E-state index in [1.807, 2.05) is 0 Å². The molecule has 0 saturated carbocycles. The van der Waals surface area contributed by atoms with E-state index >= 15 is 0 Å². The Labute approximate surface area is 83.6 Å². The second kappa shape index (κ2) is 3.88. The molecule has 3 nitrogen and oxygen atoms in total. The highest BCUT2D eigenvalue weighted by Gasteiger charge is 2.35. The Morgan fingerprint density at radius 3 is 2.62 bits per heavy atom. The number of carbonyl (C=O) groups is 1. The molecule has 0 aliphatic carbocycles. The number of thioether (sulfide) groups is 1. The highest BCUT2D eigenvalue weighted by atomic mass is 32.2. The molecule has 0 bridgehead atoms. The van der Waals surface area contributed by atoms with Crippen LogP contribution in [0.5, 0.6) is 0 Å². The standard InChI is InChI=1S/C9H17NO2S/c1-9(2,3)13-6-5-7(11)10-8(6)12-4/h6,8H,5H2,1-4H3,(H,10,11)/t6-,8+/m0/s1. The van der Waals surface area contributed by atoms with Crippen molar-refractivity contribution in [2.75, 3.05) is 7.11 Å². The molecule has 0 aromatic carbocycles. The Morgan fingerprint density at radius 1 is 1.54 bits per heavy atom. The Balaban J connectivity index is 2.54. The van der Waals surface area contributed by atoms with E-state index in [0.29, 0.717) is 6.42 Å². The van der Waals surface area contributed by atoms with Crippen molar-refractivity contribution in [2.24, 2.45) is 0 Å². The Bertz CT molecular complexity index is 200. The Morgan fingerprint density at radius 2 is 2.15 bits per heavy atom. The summed E-state index contributed by atoms with van der Waals surface area (Å²) in [6, 6.07) is 0. The summed E-state index contributed by atoms with van der Waals surface area (Å²) < 4.78 is 5.36. The molecule has 0 unspecified atom stereocenters. The van der Waals surface area contributed by atoms with Gasteiger partial charge in [-0.25, -0.2) is 0 Å². The largest absolute Gasteiger partial charge is 0.361 e. The van der Waals surface area contributed by atoms with Gasteiger partial charge in [-0.1, -0.05) is 20.8 Å². The van der Waals surface area contributed by atoms with E-state index in [1.165, 1.54) is 0 Å². The van der Waals surface area contributed by atoms with Crippen molar-refractivity contribution in [3.8, 4) is 0 Å². The summed E-state index contributed by atoms with van der Waals surface area (Å²) in [7, 11) is 1.63. The highest BCUT2D eigenvalue weighted by Crippen LogP contribution is 2.34. The summed E-state index contributed by atoms with van der Waals surface area (Å²) in [4.78, 5) is 11.1. The van der Waals surface area contributed by atoms with E-state index in [2.05, 4.69) is 26.1 Å². The van der Waals surface area contributed by atoms with Gasteiger partial charge in [-0.2, -0.15) is 0 Å². The molecule has 0 aromatic heterocycles. The number of hydrogen-bond donors (Lipinski definition) is 1. The van der Waals surface area contributed by atoms with Crippen LogP contribution in [-0.2, 0) is 9.53 Å². The summed E-state index contributed by atoms with van der Waals surface area (Å²) in [6.07, 6.45) is 0.456. The first-order chi connectivity index (χ1) is 5.92. The van der Waals surface area contributed by atoms with Crippen LogP contribution in [0.4, 0.5) is 0 Å². The predicted molar refractivity (Wildman–Crippen MR) is 54.7 cm³/mol. The minimum absolute atomic E-state index is 0.0913. The average Bonchev–Trinajstić information content (AvgIpc) is 2.27. The van der Waals surface area contributed by atoms with Gasteiger partial charge in [0.05, 0.1) is 5.25 Å². The number of nitrogens with one attached hydrogen (secondary N) is 1. The number of carbonyl (C=O) groups excluding carboxylic acids is 1. The molecule has 1 N–H and O–H groups in total. The van der Waals surface area contributed by atoms with Crippen molar-refractivity contribution in [1.82, 2.24) is 5.32 Å². The molecule has 13 heavy (non-hydrogen) atoms. The fraction of sp³-hybridized carbons (Fsp3) is 0.889. The maximum Gasteiger partial charge on any atom is 0.223 e. The van der Waals surface area contributed by atoms with Gasteiger partial charge in [0.2, 0.25) is 5.91 Å². The first-order valence-electron chi connectivity index (χ1n) is 4.42. The van der Waals surface area contributed by atoms with Crippen molar-refractivity contribution in [1.29, 1.82) is 0 Å². The summed E-state index contributed by atoms with van der Waals surface area (Å²) in [5.74, 6) is 0.0913. The lowest BCUT2D eigenvalue weighted by Gasteiger charge is -2.25. The lowest BCUT2D eigenvalue weighted by Crippen LogP contribution is -2.33. The van der Waals surface area contributed by atoms with Crippen molar-refractivity contribution < 1.29 is 9.53 Å². The van der Waals surface area contributed by atoms with Crippen LogP contribution < -0.4 is 5.32 Å². The van der Waals surface area contributed by atoms with Gasteiger partial charge in [0.25, 0.3) is 0 Å². The molecular formula is C9H17NO2S. The molecule has 1 fully saturated rings. The molecule has 0 spiro atoms. The van der Waals surface area contributed by atoms with Crippen molar-refractivity contribution >= 4 is 17.7 Å². The summed E-state index contributed by atoms with van der Waals surface area (Å²) in [5.41, 5.74) is 0. The van der Waals surface area contributed by atoms with Gasteiger partial charge in [-0.05, 0) is 0 Å². The second-order valence-electron chi connectivity index (χ2n) is 4.20. The van der Waals surface area contributed by atoms with Crippen LogP contribution in [0, 0.1) is 0 Å². The molecule has 1 rings (SSSR count). The van der Waals surface area contributed by atoms with E-state index in [1.54, 1.807) is 18.9 Å². The van der Waals surface area contributed by atoms with Gasteiger partial charge >= 0.3 is 0 Å². The molecule has 2 atom stereocenters. The van der Waals surface area contributed by atoms with E-state index < -0.39 is 0 Å². The third kappa shape index (κ3) is 3.19. The predicted octanol–water partition coefficient (Wildman–Crippen LogP) is 1.38. The first kappa shape index (κ1) is 10.9. The maximum atomic E-state index is 11.1. The third-order valence-electron chi connectivity index (χ3n) is 1.79. The van der Waals surface area contributed by atoms with Crippen LogP contribution in [-0.4, -0.2) is 29.2 Å². The van der Waals surface area contributed by atoms with Crippen LogP contribution in [0.3, 0.4) is 0 Å². The highest BCUT2D eigenvalue weighted by molar-refractivity contribution is 8.01. The van der Waals surface area contributed by atoms with Gasteiger partial charge in [0.1, 0.15) is 6.23 Å². The minimum atomic E-state index is -0.114. The second-order valence-corrected chi connectivity index (χ2v) is 6.26. The molecular weight excluding hydrogens is 186 g/mol. The van der Waals surface area contributed by atoms with Crippen LogP contribution in [0.1, 0.15) is 27.2 Å². The Hall–Kier alpha value is -0.220. The molecule has 1 aliphatic rings. The van der Waals surface area contributed by atoms with Gasteiger partial charge in [0.15, 0.2) is 0 Å². The smallest absolute Gasteiger partial charge is 0.223 e. The average molecular weight is 203 g/mol. The number of rotatable bonds is 2. The Kier molecular flexibility index (Phi) is 3.24. The summed E-state index contributed by atoms with van der Waals surface area (Å²) >= 11 is 1.79. The van der Waals surface area contributed by atoms with Crippen LogP contribution in [0.15, 0.2) is 0 Å². The maximum absolute atomic E-state index is 11.1. The van der Waals surface area contributed by atoms with Crippen LogP contribution in [0.25, 0.3) is 0 Å². The molecule has 76 valence electrons. The van der Waals surface area contributed by atoms with E-state index in [0.717, 1.165) is 0 Å². The SMILES string of the molecule is CO[C@H]1NC(=O)C[C@@H]1SC(C)(C)C. The normalized spacial score (nSPS) is 29.1. The third-order valence-corrected chi connectivity index (χ3v) is 3.21. The van der Waals surface area contributed by atoms with Gasteiger partial charge < -0.3 is 10.1 Å². The van der Waals surface area contributed by atoms with E-state index in [-0.39, 0.29) is 22.1 Å². The summed E-state index contributed by atoms with van der Waals surface area (Å²) in [6.45, 7) is 6.44. The number of ether oxygens (including phenoxy) is 1. The monoisotopic (exact) mass is 203 g/mol. The number of hydrogen-bond acceptors (Lipinski definition) is 3. The molecule has 1 saturated heterocycles. The zero-order chi connectivity index (χ0) is 10.1. The molecule has 1 heterocycles. The van der Waals surface area contributed by atoms with Crippen LogP contribution >= 0.6 is 11.8 Å². The zero-order valence-corrected chi connectivity index (χ0v) is 9.40. The lowest BCUT2D eigenvalue weighted by molar-refractivity contribution is -0.120. The molecule has 1 amide bonds. The minimum Gasteiger partial charge on any atom is -0.361 e. The molecule has 1 aliphatic heterocycles. The molecule has 4 heteroatoms. The fourth-order valence-electron chi connectivity index (χ4n) is 1.37. The van der Waals surface area contributed by atoms with Gasteiger partial charge in [-0.3, -0.25) is 4.79 Å². The quantitative estimate of drug-likeness (QED) is 0.737. The van der Waals surface area contributed by atoms with Crippen molar-refractivity contribution in [3.05, 3.63) is 0 Å². The topological polar surface area (TPSA) is 38.3 Å². The van der Waals surface area contributed by atoms with Gasteiger partial charge in [0, 0.05) is 18.3 Å². The van der Waals surface area contributed by atoms with Crippen LogP contribution in [0.2, 0.25) is 0 Å². The number of methoxy groups -OCH3 is 1. The molecule has 0 aromatic rings. The lowest BCUT2D eigenvalue weighted by atomic mass is 10.3. The zero-order valence-electron chi connectivity index (χ0n) is 8.59. The first-order valence-corrected chi connectivity index (χ1v) is 5.30. The molecule has 0 radical (unpaired) electrons. The number of amides is 1. The van der Waals surface area contributed by atoms with Crippen molar-refractivity contribution in [3.63, 3.8) is 0 Å². The fourth-order valence-corrected chi connectivity index (χ4v) is 2.81.